The Morgan fingerprint density at radius 1 is 1.07 bits per heavy atom. The van der Waals surface area contributed by atoms with Gasteiger partial charge < -0.3 is 14.6 Å². The molecule has 8 nitrogen and oxygen atoms in total. The lowest BCUT2D eigenvalue weighted by molar-refractivity contribution is -0.384. The van der Waals surface area contributed by atoms with Crippen LogP contribution in [-0.4, -0.2) is 34.7 Å². The fraction of sp³-hybridized carbons (Fsp3) is 0.273. The molecule has 8 heteroatoms. The van der Waals surface area contributed by atoms with Gasteiger partial charge in [0.05, 0.1) is 4.92 Å². The number of para-hydroxylation sites is 1. The van der Waals surface area contributed by atoms with E-state index in [1.807, 2.05) is 13.8 Å². The molecule has 0 fully saturated rings. The minimum absolute atomic E-state index is 0.0527. The Balaban J connectivity index is 2.01. The Kier molecular flexibility index (Phi) is 6.46. The minimum atomic E-state index is -0.563. The zero-order valence-corrected chi connectivity index (χ0v) is 16.9. The van der Waals surface area contributed by atoms with E-state index in [9.17, 15) is 19.7 Å². The lowest BCUT2D eigenvalue weighted by atomic mass is 10.1. The van der Waals surface area contributed by atoms with E-state index in [0.29, 0.717) is 24.1 Å². The molecule has 0 radical (unpaired) electrons. The van der Waals surface area contributed by atoms with Crippen LogP contribution in [0.5, 0.6) is 0 Å². The van der Waals surface area contributed by atoms with E-state index in [1.54, 1.807) is 29.2 Å². The highest BCUT2D eigenvalue weighted by Gasteiger charge is 2.26. The quantitative estimate of drug-likeness (QED) is 0.423. The normalized spacial score (nSPS) is 10.7. The molecule has 1 aromatic heterocycles. The van der Waals surface area contributed by atoms with Gasteiger partial charge in [-0.05, 0) is 31.0 Å². The first-order valence-electron chi connectivity index (χ1n) is 9.82. The van der Waals surface area contributed by atoms with Crippen LogP contribution >= 0.6 is 0 Å². The van der Waals surface area contributed by atoms with Crippen molar-refractivity contribution in [1.82, 2.24) is 4.90 Å². The summed E-state index contributed by atoms with van der Waals surface area (Å²) in [6.45, 7) is 5.11. The Morgan fingerprint density at radius 3 is 2.43 bits per heavy atom. The van der Waals surface area contributed by atoms with Crippen molar-refractivity contribution in [2.24, 2.45) is 0 Å². The maximum Gasteiger partial charge on any atom is 0.291 e. The smallest absolute Gasteiger partial charge is 0.291 e. The summed E-state index contributed by atoms with van der Waals surface area (Å²) >= 11 is 0. The van der Waals surface area contributed by atoms with Gasteiger partial charge in [-0.1, -0.05) is 32.0 Å². The van der Waals surface area contributed by atoms with Gasteiger partial charge in [0.1, 0.15) is 11.3 Å². The Bertz CT molecular complexity index is 1080. The van der Waals surface area contributed by atoms with E-state index in [2.05, 4.69) is 5.32 Å². The molecule has 0 unspecified atom stereocenters. The first-order chi connectivity index (χ1) is 14.5. The van der Waals surface area contributed by atoms with E-state index >= 15 is 0 Å². The number of nitro groups is 1. The molecule has 30 heavy (non-hydrogen) atoms. The number of carbonyl (C=O) groups is 2. The summed E-state index contributed by atoms with van der Waals surface area (Å²) in [4.78, 5) is 38.1. The molecule has 0 spiro atoms. The van der Waals surface area contributed by atoms with Crippen LogP contribution in [0.25, 0.3) is 11.0 Å². The molecule has 0 aliphatic rings. The number of nitrogens with zero attached hydrogens (tertiary/aromatic N) is 2. The van der Waals surface area contributed by atoms with Crippen LogP contribution in [0.3, 0.4) is 0 Å². The van der Waals surface area contributed by atoms with Crippen molar-refractivity contribution in [3.8, 4) is 0 Å². The van der Waals surface area contributed by atoms with E-state index < -0.39 is 10.8 Å². The molecule has 1 heterocycles. The second-order valence-electron chi connectivity index (χ2n) is 6.86. The van der Waals surface area contributed by atoms with Crippen LogP contribution in [0.1, 0.15) is 47.6 Å². The molecule has 0 atom stereocenters. The molecule has 2 aromatic carbocycles. The third kappa shape index (κ3) is 4.32. The molecule has 0 saturated heterocycles. The highest BCUT2D eigenvalue weighted by Crippen LogP contribution is 2.32. The van der Waals surface area contributed by atoms with E-state index in [1.165, 1.54) is 24.3 Å². The maximum atomic E-state index is 13.2. The number of hydrogen-bond donors (Lipinski definition) is 1. The number of nitro benzene ring substituents is 1. The van der Waals surface area contributed by atoms with Gasteiger partial charge in [-0.15, -0.1) is 0 Å². The predicted octanol–water partition coefficient (Wildman–Crippen LogP) is 4.86. The van der Waals surface area contributed by atoms with Crippen LogP contribution in [-0.2, 0) is 0 Å². The van der Waals surface area contributed by atoms with Gasteiger partial charge in [0.15, 0.2) is 0 Å². The second kappa shape index (κ2) is 9.21. The molecule has 0 aliphatic carbocycles. The molecule has 2 amide bonds. The fourth-order valence-electron chi connectivity index (χ4n) is 3.26. The van der Waals surface area contributed by atoms with Crippen molar-refractivity contribution in [3.05, 3.63) is 70.0 Å². The zero-order valence-electron chi connectivity index (χ0n) is 16.9. The van der Waals surface area contributed by atoms with Gasteiger partial charge in [0, 0.05) is 36.2 Å². The van der Waals surface area contributed by atoms with Gasteiger partial charge in [0.2, 0.25) is 5.76 Å². The number of rotatable bonds is 8. The molecule has 1 N–H and O–H groups in total. The van der Waals surface area contributed by atoms with Crippen LogP contribution < -0.4 is 5.32 Å². The Labute approximate surface area is 173 Å². The van der Waals surface area contributed by atoms with E-state index in [-0.39, 0.29) is 28.6 Å². The lowest BCUT2D eigenvalue weighted by Gasteiger charge is -2.20. The van der Waals surface area contributed by atoms with Gasteiger partial charge in [-0.2, -0.15) is 0 Å². The number of non-ortho nitro benzene ring substituents is 1. The third-order valence-corrected chi connectivity index (χ3v) is 4.62. The lowest BCUT2D eigenvalue weighted by Crippen LogP contribution is -2.32. The number of nitrogens with one attached hydrogen (secondary N) is 1. The zero-order chi connectivity index (χ0) is 21.7. The molecular formula is C22H23N3O5. The number of fused-ring (bicyclic) bond motifs is 1. The van der Waals surface area contributed by atoms with Crippen LogP contribution in [0.15, 0.2) is 52.9 Å². The topological polar surface area (TPSA) is 106 Å². The standard InChI is InChI=1S/C22H23N3O5/c1-3-12-24(13-4-2)22(27)20-19(17-10-5-6-11-18(17)30-20)23-21(26)15-8-7-9-16(14-15)25(28)29/h5-11,14H,3-4,12-13H2,1-2H3,(H,23,26). The molecular weight excluding hydrogens is 386 g/mol. The highest BCUT2D eigenvalue weighted by atomic mass is 16.6. The van der Waals surface area contributed by atoms with Gasteiger partial charge >= 0.3 is 0 Å². The molecule has 3 rings (SSSR count). The number of furan rings is 1. The molecule has 0 saturated carbocycles. The van der Waals surface area contributed by atoms with Gasteiger partial charge in [-0.3, -0.25) is 19.7 Å². The molecule has 3 aromatic rings. The fourth-order valence-corrected chi connectivity index (χ4v) is 3.26. The predicted molar refractivity (Wildman–Crippen MR) is 114 cm³/mol. The summed E-state index contributed by atoms with van der Waals surface area (Å²) in [5.41, 5.74) is 0.673. The average Bonchev–Trinajstić information content (AvgIpc) is 3.11. The van der Waals surface area contributed by atoms with Crippen LogP contribution in [0, 0.1) is 10.1 Å². The summed E-state index contributed by atoms with van der Waals surface area (Å²) in [6, 6.07) is 12.5. The summed E-state index contributed by atoms with van der Waals surface area (Å²) in [6.07, 6.45) is 1.59. The van der Waals surface area contributed by atoms with E-state index in [0.717, 1.165) is 12.8 Å². The average molecular weight is 409 g/mol. The summed E-state index contributed by atoms with van der Waals surface area (Å²) in [5, 5.41) is 14.3. The Hall–Kier alpha value is -3.68. The van der Waals surface area contributed by atoms with Crippen molar-refractivity contribution >= 4 is 34.2 Å². The number of benzene rings is 2. The van der Waals surface area contributed by atoms with Crippen molar-refractivity contribution in [3.63, 3.8) is 0 Å². The SMILES string of the molecule is CCCN(CCC)C(=O)c1oc2ccccc2c1NC(=O)c1cccc([N+](=O)[O-])c1. The largest absolute Gasteiger partial charge is 0.449 e. The van der Waals surface area contributed by atoms with E-state index in [4.69, 9.17) is 4.42 Å². The number of amides is 2. The minimum Gasteiger partial charge on any atom is -0.449 e. The van der Waals surface area contributed by atoms with Crippen molar-refractivity contribution in [2.75, 3.05) is 18.4 Å². The first-order valence-corrected chi connectivity index (χ1v) is 9.82. The molecule has 0 aliphatic heterocycles. The summed E-state index contributed by atoms with van der Waals surface area (Å²) in [5.74, 6) is -0.807. The molecule has 156 valence electrons. The summed E-state index contributed by atoms with van der Waals surface area (Å²) in [7, 11) is 0. The van der Waals surface area contributed by atoms with Crippen molar-refractivity contribution in [2.45, 2.75) is 26.7 Å². The first kappa shape index (κ1) is 21.0. The highest BCUT2D eigenvalue weighted by molar-refractivity contribution is 6.14. The number of anilines is 1. The van der Waals surface area contributed by atoms with Crippen LogP contribution in [0.4, 0.5) is 11.4 Å². The molecule has 0 bridgehead atoms. The van der Waals surface area contributed by atoms with Crippen molar-refractivity contribution < 1.29 is 18.9 Å². The maximum absolute atomic E-state index is 13.2. The van der Waals surface area contributed by atoms with Gasteiger partial charge in [0.25, 0.3) is 17.5 Å². The monoisotopic (exact) mass is 409 g/mol. The number of hydrogen-bond acceptors (Lipinski definition) is 5. The van der Waals surface area contributed by atoms with Crippen LogP contribution in [0.2, 0.25) is 0 Å². The summed E-state index contributed by atoms with van der Waals surface area (Å²) < 4.78 is 5.82. The second-order valence-corrected chi connectivity index (χ2v) is 6.86. The number of carbonyl (C=O) groups excluding carboxylic acids is 2. The van der Waals surface area contributed by atoms with Crippen molar-refractivity contribution in [1.29, 1.82) is 0 Å². The van der Waals surface area contributed by atoms with Gasteiger partial charge in [-0.25, -0.2) is 0 Å². The third-order valence-electron chi connectivity index (χ3n) is 4.62. The Morgan fingerprint density at radius 2 is 1.77 bits per heavy atom.